The van der Waals surface area contributed by atoms with E-state index in [2.05, 4.69) is 19.9 Å². The number of anilines is 1. The second-order valence-corrected chi connectivity index (χ2v) is 4.60. The van der Waals surface area contributed by atoms with Gasteiger partial charge in [-0.3, -0.25) is 9.78 Å². The Hall–Kier alpha value is -1.89. The molecular formula is C10H14N6O. The molecule has 0 bridgehead atoms. The molecular weight excluding hydrogens is 220 g/mol. The molecule has 1 aliphatic rings. The van der Waals surface area contributed by atoms with Crippen LogP contribution in [0.25, 0.3) is 11.2 Å². The van der Waals surface area contributed by atoms with Crippen molar-refractivity contribution in [3.63, 3.8) is 0 Å². The summed E-state index contributed by atoms with van der Waals surface area (Å²) >= 11 is 0. The van der Waals surface area contributed by atoms with Crippen LogP contribution in [0.1, 0.15) is 31.5 Å². The number of aromatic amines is 2. The number of nitrogens with zero attached hydrogens (tertiary/aromatic N) is 2. The second kappa shape index (κ2) is 3.30. The van der Waals surface area contributed by atoms with Crippen LogP contribution in [0.4, 0.5) is 5.95 Å². The largest absolute Gasteiger partial charge is 0.369 e. The van der Waals surface area contributed by atoms with Gasteiger partial charge in [-0.2, -0.15) is 4.98 Å². The summed E-state index contributed by atoms with van der Waals surface area (Å²) in [6, 6.07) is 0. The van der Waals surface area contributed by atoms with Crippen LogP contribution in [0, 0.1) is 0 Å². The van der Waals surface area contributed by atoms with E-state index in [-0.39, 0.29) is 11.5 Å². The lowest BCUT2D eigenvalue weighted by molar-refractivity contribution is 0.437. The number of aromatic nitrogens is 4. The molecule has 0 aromatic carbocycles. The zero-order chi connectivity index (χ0) is 12.0. The van der Waals surface area contributed by atoms with Crippen molar-refractivity contribution in [3.8, 4) is 0 Å². The molecule has 0 atom stereocenters. The van der Waals surface area contributed by atoms with E-state index in [1.807, 2.05) is 0 Å². The Labute approximate surface area is 96.6 Å². The van der Waals surface area contributed by atoms with Gasteiger partial charge in [-0.25, -0.2) is 4.98 Å². The molecule has 2 aromatic rings. The molecule has 6 N–H and O–H groups in total. The van der Waals surface area contributed by atoms with Crippen LogP contribution in [0.15, 0.2) is 4.79 Å². The molecule has 0 spiro atoms. The van der Waals surface area contributed by atoms with Gasteiger partial charge in [-0.1, -0.05) is 12.8 Å². The first-order valence-corrected chi connectivity index (χ1v) is 5.63. The highest BCUT2D eigenvalue weighted by Crippen LogP contribution is 2.34. The van der Waals surface area contributed by atoms with Crippen LogP contribution in [0.2, 0.25) is 0 Å². The minimum absolute atomic E-state index is 0.0676. The van der Waals surface area contributed by atoms with Crippen LogP contribution in [0.5, 0.6) is 0 Å². The predicted molar refractivity (Wildman–Crippen MR) is 63.3 cm³/mol. The molecule has 0 saturated heterocycles. The SMILES string of the molecule is Nc1nc2nc(C3(N)CCCC3)[nH]c2c(=O)[nH]1. The van der Waals surface area contributed by atoms with E-state index < -0.39 is 5.54 Å². The van der Waals surface area contributed by atoms with Gasteiger partial charge in [0.15, 0.2) is 11.2 Å². The molecule has 7 nitrogen and oxygen atoms in total. The molecule has 0 radical (unpaired) electrons. The second-order valence-electron chi connectivity index (χ2n) is 4.60. The molecule has 0 unspecified atom stereocenters. The third-order valence-corrected chi connectivity index (χ3v) is 3.35. The number of hydrogen-bond acceptors (Lipinski definition) is 5. The van der Waals surface area contributed by atoms with Crippen molar-refractivity contribution in [3.05, 3.63) is 16.2 Å². The monoisotopic (exact) mass is 234 g/mol. The van der Waals surface area contributed by atoms with E-state index in [0.29, 0.717) is 17.0 Å². The van der Waals surface area contributed by atoms with E-state index in [4.69, 9.17) is 11.5 Å². The average Bonchev–Trinajstić information content (AvgIpc) is 2.84. The van der Waals surface area contributed by atoms with E-state index in [1.165, 1.54) is 0 Å². The van der Waals surface area contributed by atoms with Crippen molar-refractivity contribution in [1.82, 2.24) is 19.9 Å². The van der Waals surface area contributed by atoms with Gasteiger partial charge in [-0.15, -0.1) is 0 Å². The summed E-state index contributed by atoms with van der Waals surface area (Å²) in [5, 5.41) is 0. The molecule has 2 aromatic heterocycles. The fraction of sp³-hybridized carbons (Fsp3) is 0.500. The highest BCUT2D eigenvalue weighted by molar-refractivity contribution is 5.70. The molecule has 2 heterocycles. The molecule has 90 valence electrons. The van der Waals surface area contributed by atoms with E-state index in [9.17, 15) is 4.79 Å². The van der Waals surface area contributed by atoms with Crippen molar-refractivity contribution in [2.45, 2.75) is 31.2 Å². The van der Waals surface area contributed by atoms with Gasteiger partial charge in [0, 0.05) is 0 Å². The molecule has 1 aliphatic carbocycles. The Morgan fingerprint density at radius 3 is 2.59 bits per heavy atom. The van der Waals surface area contributed by atoms with Gasteiger partial charge in [0.1, 0.15) is 5.82 Å². The summed E-state index contributed by atoms with van der Waals surface area (Å²) in [5.74, 6) is 0.701. The molecule has 1 fully saturated rings. The van der Waals surface area contributed by atoms with Crippen molar-refractivity contribution in [2.24, 2.45) is 5.73 Å². The minimum atomic E-state index is -0.456. The zero-order valence-electron chi connectivity index (χ0n) is 9.29. The molecule has 0 amide bonds. The fourth-order valence-corrected chi connectivity index (χ4v) is 2.40. The molecule has 3 rings (SSSR count). The minimum Gasteiger partial charge on any atom is -0.369 e. The summed E-state index contributed by atoms with van der Waals surface area (Å²) in [6.07, 6.45) is 3.92. The Balaban J connectivity index is 2.20. The quantitative estimate of drug-likeness (QED) is 0.550. The van der Waals surface area contributed by atoms with E-state index in [1.54, 1.807) is 0 Å². The number of nitrogens with one attached hydrogen (secondary N) is 2. The number of hydrogen-bond donors (Lipinski definition) is 4. The van der Waals surface area contributed by atoms with Crippen LogP contribution in [-0.4, -0.2) is 19.9 Å². The molecule has 17 heavy (non-hydrogen) atoms. The Morgan fingerprint density at radius 2 is 1.88 bits per heavy atom. The Morgan fingerprint density at radius 1 is 1.18 bits per heavy atom. The first kappa shape index (κ1) is 10.3. The van der Waals surface area contributed by atoms with Crippen molar-refractivity contribution in [2.75, 3.05) is 5.73 Å². The first-order chi connectivity index (χ1) is 8.08. The lowest BCUT2D eigenvalue weighted by Crippen LogP contribution is -2.34. The normalized spacial score (nSPS) is 18.9. The van der Waals surface area contributed by atoms with Gasteiger partial charge in [-0.05, 0) is 12.8 Å². The van der Waals surface area contributed by atoms with Gasteiger partial charge in [0.25, 0.3) is 5.56 Å². The smallest absolute Gasteiger partial charge is 0.278 e. The van der Waals surface area contributed by atoms with E-state index in [0.717, 1.165) is 25.7 Å². The van der Waals surface area contributed by atoms with Crippen molar-refractivity contribution >= 4 is 17.1 Å². The highest BCUT2D eigenvalue weighted by atomic mass is 16.1. The third kappa shape index (κ3) is 1.50. The number of nitrogen functional groups attached to an aromatic ring is 1. The van der Waals surface area contributed by atoms with Gasteiger partial charge >= 0.3 is 0 Å². The van der Waals surface area contributed by atoms with Crippen LogP contribution >= 0.6 is 0 Å². The summed E-state index contributed by atoms with van der Waals surface area (Å²) in [5.41, 5.74) is 11.6. The number of imidazole rings is 1. The number of H-pyrrole nitrogens is 2. The maximum Gasteiger partial charge on any atom is 0.278 e. The summed E-state index contributed by atoms with van der Waals surface area (Å²) in [4.78, 5) is 25.3. The summed E-state index contributed by atoms with van der Waals surface area (Å²) < 4.78 is 0. The number of nitrogens with two attached hydrogens (primary N) is 2. The zero-order valence-corrected chi connectivity index (χ0v) is 9.29. The van der Waals surface area contributed by atoms with E-state index >= 15 is 0 Å². The van der Waals surface area contributed by atoms with Crippen LogP contribution in [0.3, 0.4) is 0 Å². The first-order valence-electron chi connectivity index (χ1n) is 5.63. The van der Waals surface area contributed by atoms with Gasteiger partial charge in [0.05, 0.1) is 5.54 Å². The third-order valence-electron chi connectivity index (χ3n) is 3.35. The van der Waals surface area contributed by atoms with Crippen LogP contribution in [-0.2, 0) is 5.54 Å². The molecule has 1 saturated carbocycles. The maximum atomic E-state index is 11.6. The van der Waals surface area contributed by atoms with Crippen LogP contribution < -0.4 is 17.0 Å². The van der Waals surface area contributed by atoms with Crippen molar-refractivity contribution < 1.29 is 0 Å². The Kier molecular flexibility index (Phi) is 1.99. The standard InChI is InChI=1S/C10H14N6O/c11-9-15-6-5(7(17)16-9)13-8(14-6)10(12)3-1-2-4-10/h1-4,12H2,(H4,11,13,14,15,16,17). The summed E-state index contributed by atoms with van der Waals surface area (Å²) in [6.45, 7) is 0. The number of fused-ring (bicyclic) bond motifs is 1. The maximum absolute atomic E-state index is 11.6. The topological polar surface area (TPSA) is 126 Å². The average molecular weight is 234 g/mol. The lowest BCUT2D eigenvalue weighted by atomic mass is 9.99. The highest BCUT2D eigenvalue weighted by Gasteiger charge is 2.34. The Bertz CT molecular complexity index is 621. The lowest BCUT2D eigenvalue weighted by Gasteiger charge is -2.19. The van der Waals surface area contributed by atoms with Gasteiger partial charge in [0.2, 0.25) is 5.95 Å². The predicted octanol–water partition coefficient (Wildman–Crippen LogP) is -0.0436. The molecule has 7 heteroatoms. The fourth-order valence-electron chi connectivity index (χ4n) is 2.40. The van der Waals surface area contributed by atoms with Gasteiger partial charge < -0.3 is 16.5 Å². The molecule has 0 aliphatic heterocycles. The number of rotatable bonds is 1. The summed E-state index contributed by atoms with van der Waals surface area (Å²) in [7, 11) is 0. The van der Waals surface area contributed by atoms with Crippen molar-refractivity contribution in [1.29, 1.82) is 0 Å².